The number of amides is 1. The average molecular weight is 263 g/mol. The molecule has 5 heteroatoms. The molecule has 0 radical (unpaired) electrons. The van der Waals surface area contributed by atoms with E-state index in [9.17, 15) is 14.0 Å². The molecule has 0 fully saturated rings. The predicted octanol–water partition coefficient (Wildman–Crippen LogP) is 2.68. The van der Waals surface area contributed by atoms with Crippen molar-refractivity contribution in [2.45, 2.75) is 6.92 Å². The van der Waals surface area contributed by atoms with Crippen molar-refractivity contribution in [1.29, 1.82) is 0 Å². The minimum absolute atomic E-state index is 0.0713. The van der Waals surface area contributed by atoms with Crippen molar-refractivity contribution in [3.63, 3.8) is 0 Å². The van der Waals surface area contributed by atoms with Gasteiger partial charge in [0.2, 0.25) is 5.91 Å². The maximum atomic E-state index is 13.5. The van der Waals surface area contributed by atoms with Crippen LogP contribution in [0.4, 0.5) is 10.1 Å². The van der Waals surface area contributed by atoms with Crippen LogP contribution < -0.4 is 5.32 Å². The summed E-state index contributed by atoms with van der Waals surface area (Å²) in [4.78, 5) is 22.8. The summed E-state index contributed by atoms with van der Waals surface area (Å²) in [5.41, 5.74) is 0.0923. The van der Waals surface area contributed by atoms with Gasteiger partial charge in [-0.2, -0.15) is 0 Å². The van der Waals surface area contributed by atoms with Gasteiger partial charge in [0, 0.05) is 6.08 Å². The van der Waals surface area contributed by atoms with Gasteiger partial charge >= 0.3 is 5.97 Å². The molecule has 19 heavy (non-hydrogen) atoms. The van der Waals surface area contributed by atoms with E-state index in [1.807, 2.05) is 6.92 Å². The minimum Gasteiger partial charge on any atom is -0.465 e. The zero-order valence-corrected chi connectivity index (χ0v) is 10.6. The molecule has 0 saturated carbocycles. The number of carbonyl (C=O) groups is 2. The number of benzene rings is 1. The van der Waals surface area contributed by atoms with Crippen molar-refractivity contribution in [2.24, 2.45) is 0 Å². The number of anilines is 1. The molecule has 100 valence electrons. The lowest BCUT2D eigenvalue weighted by Gasteiger charge is -2.06. The SMILES string of the molecule is C/C=C/C=C/C(=O)Nc1cc(C(=O)OC)ccc1F. The second kappa shape index (κ2) is 7.10. The number of nitrogens with one attached hydrogen (secondary N) is 1. The summed E-state index contributed by atoms with van der Waals surface area (Å²) < 4.78 is 18.0. The van der Waals surface area contributed by atoms with E-state index in [0.717, 1.165) is 6.07 Å². The molecule has 0 aliphatic carbocycles. The number of hydrogen-bond acceptors (Lipinski definition) is 3. The Morgan fingerprint density at radius 3 is 2.68 bits per heavy atom. The van der Waals surface area contributed by atoms with E-state index >= 15 is 0 Å². The smallest absolute Gasteiger partial charge is 0.337 e. The second-order valence-electron chi connectivity index (χ2n) is 3.56. The Hall–Kier alpha value is -2.43. The van der Waals surface area contributed by atoms with Crippen molar-refractivity contribution < 1.29 is 18.7 Å². The lowest BCUT2D eigenvalue weighted by molar-refractivity contribution is -0.111. The van der Waals surface area contributed by atoms with E-state index in [1.165, 1.54) is 31.4 Å². The molecule has 0 aliphatic heterocycles. The number of rotatable bonds is 4. The van der Waals surface area contributed by atoms with Crippen LogP contribution in [0.25, 0.3) is 0 Å². The van der Waals surface area contributed by atoms with Crippen LogP contribution in [0.5, 0.6) is 0 Å². The van der Waals surface area contributed by atoms with Crippen molar-refractivity contribution >= 4 is 17.6 Å². The Kier molecular flexibility index (Phi) is 5.47. The fourth-order valence-corrected chi connectivity index (χ4v) is 1.29. The summed E-state index contributed by atoms with van der Waals surface area (Å²) in [5.74, 6) is -1.71. The molecule has 0 saturated heterocycles. The van der Waals surface area contributed by atoms with Crippen molar-refractivity contribution in [3.05, 3.63) is 53.9 Å². The van der Waals surface area contributed by atoms with Gasteiger partial charge in [-0.05, 0) is 25.1 Å². The summed E-state index contributed by atoms with van der Waals surface area (Å²) in [6, 6.07) is 3.60. The summed E-state index contributed by atoms with van der Waals surface area (Å²) in [6.07, 6.45) is 6.20. The number of carbonyl (C=O) groups excluding carboxylic acids is 2. The first-order valence-corrected chi connectivity index (χ1v) is 5.56. The highest BCUT2D eigenvalue weighted by Crippen LogP contribution is 2.16. The molecule has 4 nitrogen and oxygen atoms in total. The fraction of sp³-hybridized carbons (Fsp3) is 0.143. The molecular formula is C14H14FNO3. The number of halogens is 1. The van der Waals surface area contributed by atoms with E-state index < -0.39 is 17.7 Å². The average Bonchev–Trinajstić information content (AvgIpc) is 2.40. The molecule has 0 bridgehead atoms. The molecule has 1 amide bonds. The third-order valence-corrected chi connectivity index (χ3v) is 2.20. The van der Waals surface area contributed by atoms with Crippen LogP contribution >= 0.6 is 0 Å². The Morgan fingerprint density at radius 2 is 2.05 bits per heavy atom. The molecule has 0 spiro atoms. The van der Waals surface area contributed by atoms with E-state index in [-0.39, 0.29) is 11.3 Å². The third-order valence-electron chi connectivity index (χ3n) is 2.20. The van der Waals surface area contributed by atoms with Gasteiger partial charge in [0.1, 0.15) is 5.82 Å². The van der Waals surface area contributed by atoms with Gasteiger partial charge in [0.15, 0.2) is 0 Å². The van der Waals surface area contributed by atoms with Crippen LogP contribution in [0.2, 0.25) is 0 Å². The summed E-state index contributed by atoms with van der Waals surface area (Å²) in [7, 11) is 1.23. The van der Waals surface area contributed by atoms with Crippen LogP contribution in [0, 0.1) is 5.82 Å². The van der Waals surface area contributed by atoms with Crippen LogP contribution in [-0.2, 0) is 9.53 Å². The lowest BCUT2D eigenvalue weighted by atomic mass is 10.2. The molecule has 1 rings (SSSR count). The number of hydrogen-bond donors (Lipinski definition) is 1. The first-order valence-electron chi connectivity index (χ1n) is 5.56. The van der Waals surface area contributed by atoms with Gasteiger partial charge in [-0.1, -0.05) is 18.2 Å². The van der Waals surface area contributed by atoms with E-state index in [0.29, 0.717) is 0 Å². The molecular weight excluding hydrogens is 249 g/mol. The van der Waals surface area contributed by atoms with Gasteiger partial charge in [-0.3, -0.25) is 4.79 Å². The summed E-state index contributed by atoms with van der Waals surface area (Å²) in [5, 5.41) is 2.35. The van der Waals surface area contributed by atoms with E-state index in [1.54, 1.807) is 12.2 Å². The van der Waals surface area contributed by atoms with Crippen LogP contribution in [-0.4, -0.2) is 19.0 Å². The Bertz CT molecular complexity index is 535. The normalized spacial score (nSPS) is 10.9. The van der Waals surface area contributed by atoms with Gasteiger partial charge in [0.05, 0.1) is 18.4 Å². The number of allylic oxidation sites excluding steroid dienone is 3. The maximum Gasteiger partial charge on any atom is 0.337 e. The van der Waals surface area contributed by atoms with Gasteiger partial charge in [-0.15, -0.1) is 0 Å². The second-order valence-corrected chi connectivity index (χ2v) is 3.56. The minimum atomic E-state index is -0.625. The highest BCUT2D eigenvalue weighted by molar-refractivity contribution is 6.00. The third kappa shape index (κ3) is 4.39. The van der Waals surface area contributed by atoms with Gasteiger partial charge < -0.3 is 10.1 Å². The van der Waals surface area contributed by atoms with Crippen molar-refractivity contribution in [2.75, 3.05) is 12.4 Å². The number of esters is 1. The first kappa shape index (κ1) is 14.6. The fourth-order valence-electron chi connectivity index (χ4n) is 1.29. The number of methoxy groups -OCH3 is 1. The van der Waals surface area contributed by atoms with Crippen molar-refractivity contribution in [1.82, 2.24) is 0 Å². The molecule has 0 aromatic heterocycles. The maximum absolute atomic E-state index is 13.5. The molecule has 1 N–H and O–H groups in total. The predicted molar refractivity (Wildman–Crippen MR) is 70.3 cm³/mol. The van der Waals surface area contributed by atoms with Crippen molar-refractivity contribution in [3.8, 4) is 0 Å². The molecule has 0 aliphatic rings. The quantitative estimate of drug-likeness (QED) is 0.516. The highest BCUT2D eigenvalue weighted by Gasteiger charge is 2.10. The molecule has 1 aromatic rings. The van der Waals surface area contributed by atoms with Gasteiger partial charge in [0.25, 0.3) is 0 Å². The molecule has 1 aromatic carbocycles. The Balaban J connectivity index is 2.88. The molecule has 0 heterocycles. The van der Waals surface area contributed by atoms with Crippen LogP contribution in [0.15, 0.2) is 42.5 Å². The van der Waals surface area contributed by atoms with Crippen LogP contribution in [0.3, 0.4) is 0 Å². The summed E-state index contributed by atoms with van der Waals surface area (Å²) >= 11 is 0. The van der Waals surface area contributed by atoms with E-state index in [2.05, 4.69) is 10.1 Å². The Labute approximate surface area is 110 Å². The molecule has 0 unspecified atom stereocenters. The standard InChI is InChI=1S/C14H14FNO3/c1-3-4-5-6-13(17)16-12-9-10(14(18)19-2)7-8-11(12)15/h3-9H,1-2H3,(H,16,17)/b4-3+,6-5+. The highest BCUT2D eigenvalue weighted by atomic mass is 19.1. The molecule has 0 atom stereocenters. The van der Waals surface area contributed by atoms with Gasteiger partial charge in [-0.25, -0.2) is 9.18 Å². The van der Waals surface area contributed by atoms with E-state index in [4.69, 9.17) is 0 Å². The zero-order chi connectivity index (χ0) is 14.3. The lowest BCUT2D eigenvalue weighted by Crippen LogP contribution is -2.11. The largest absolute Gasteiger partial charge is 0.465 e. The zero-order valence-electron chi connectivity index (χ0n) is 10.6. The topological polar surface area (TPSA) is 55.4 Å². The Morgan fingerprint density at radius 1 is 1.32 bits per heavy atom. The first-order chi connectivity index (χ1) is 9.08. The van der Waals surface area contributed by atoms with Crippen LogP contribution in [0.1, 0.15) is 17.3 Å². The number of ether oxygens (including phenoxy) is 1. The monoisotopic (exact) mass is 263 g/mol. The summed E-state index contributed by atoms with van der Waals surface area (Å²) in [6.45, 7) is 1.81.